The number of carbonyl (C=O) groups is 2. The van der Waals surface area contributed by atoms with E-state index in [9.17, 15) is 9.59 Å². The van der Waals surface area contributed by atoms with Gasteiger partial charge in [0.05, 0.1) is 6.61 Å². The monoisotopic (exact) mass is 340 g/mol. The van der Waals surface area contributed by atoms with Crippen LogP contribution in [0.15, 0.2) is 0 Å². The number of nitrogens with zero attached hydrogens (tertiary/aromatic N) is 1. The highest BCUT2D eigenvalue weighted by Gasteiger charge is 2.23. The normalized spacial score (nSPS) is 16.1. The second-order valence-electron chi connectivity index (χ2n) is 5.88. The summed E-state index contributed by atoms with van der Waals surface area (Å²) in [5, 5.41) is 2.75. The second kappa shape index (κ2) is 16.5. The molecule has 0 aromatic carbocycles. The van der Waals surface area contributed by atoms with Gasteiger partial charge in [0.25, 0.3) is 5.91 Å². The molecule has 1 unspecified atom stereocenters. The van der Waals surface area contributed by atoms with Gasteiger partial charge in [-0.2, -0.15) is 0 Å². The molecule has 0 aromatic rings. The second-order valence-corrected chi connectivity index (χ2v) is 5.88. The molecule has 0 aromatic heterocycles. The Balaban J connectivity index is 0. The van der Waals surface area contributed by atoms with Crippen LogP contribution in [-0.4, -0.2) is 55.5 Å². The lowest BCUT2D eigenvalue weighted by Crippen LogP contribution is -2.33. The van der Waals surface area contributed by atoms with Gasteiger partial charge in [0.15, 0.2) is 0 Å². The standard InChI is InChI=1S/C14H24N2O2.C3H6O.C2H6/c1-12(2)15-14(17)8-4-5-9-16-10-6-7-13(16)11-18-3;1-3(2)4;1-2/h12-13H,5-7,9-11H2,1-3H3,(H,15,17);1-2H3;1-2H3. The number of hydrogen-bond donors (Lipinski definition) is 1. The lowest BCUT2D eigenvalue weighted by molar-refractivity contribution is -0.116. The van der Waals surface area contributed by atoms with Crippen molar-refractivity contribution < 1.29 is 14.3 Å². The summed E-state index contributed by atoms with van der Waals surface area (Å²) in [4.78, 5) is 23.1. The molecule has 0 radical (unpaired) electrons. The van der Waals surface area contributed by atoms with Crippen LogP contribution in [0.4, 0.5) is 0 Å². The van der Waals surface area contributed by atoms with E-state index in [4.69, 9.17) is 4.74 Å². The molecule has 0 aliphatic carbocycles. The Labute approximate surface area is 148 Å². The number of ketones is 1. The molecule has 140 valence electrons. The Morgan fingerprint density at radius 2 is 1.88 bits per heavy atom. The minimum absolute atomic E-state index is 0.150. The third-order valence-electron chi connectivity index (χ3n) is 3.00. The van der Waals surface area contributed by atoms with Crippen LogP contribution in [0.1, 0.15) is 60.8 Å². The summed E-state index contributed by atoms with van der Waals surface area (Å²) < 4.78 is 5.20. The molecular formula is C19H36N2O3. The van der Waals surface area contributed by atoms with Crippen LogP contribution in [-0.2, 0) is 14.3 Å². The number of amides is 1. The van der Waals surface area contributed by atoms with Crippen molar-refractivity contribution in [3.63, 3.8) is 0 Å². The van der Waals surface area contributed by atoms with Crippen LogP contribution in [0.5, 0.6) is 0 Å². The lowest BCUT2D eigenvalue weighted by atomic mass is 10.2. The Morgan fingerprint density at radius 3 is 2.38 bits per heavy atom. The number of ether oxygens (including phenoxy) is 1. The number of carbonyl (C=O) groups excluding carboxylic acids is 2. The molecule has 1 saturated heterocycles. The number of methoxy groups -OCH3 is 1. The quantitative estimate of drug-likeness (QED) is 0.782. The van der Waals surface area contributed by atoms with Crippen LogP contribution in [0.25, 0.3) is 0 Å². The largest absolute Gasteiger partial charge is 0.383 e. The number of hydrogen-bond acceptors (Lipinski definition) is 4. The maximum Gasteiger partial charge on any atom is 0.296 e. The highest BCUT2D eigenvalue weighted by atomic mass is 16.5. The van der Waals surface area contributed by atoms with Crippen molar-refractivity contribution >= 4 is 11.7 Å². The number of rotatable bonds is 5. The van der Waals surface area contributed by atoms with Crippen molar-refractivity contribution in [3.8, 4) is 11.8 Å². The van der Waals surface area contributed by atoms with E-state index in [0.29, 0.717) is 6.04 Å². The van der Waals surface area contributed by atoms with Gasteiger partial charge in [-0.25, -0.2) is 0 Å². The van der Waals surface area contributed by atoms with E-state index in [1.165, 1.54) is 26.7 Å². The van der Waals surface area contributed by atoms with Crippen LogP contribution in [0.3, 0.4) is 0 Å². The zero-order chi connectivity index (χ0) is 19.0. The fourth-order valence-electron chi connectivity index (χ4n) is 2.21. The Morgan fingerprint density at radius 1 is 1.29 bits per heavy atom. The van der Waals surface area contributed by atoms with Crippen molar-refractivity contribution in [1.82, 2.24) is 10.2 Å². The van der Waals surface area contributed by atoms with Crippen molar-refractivity contribution in [1.29, 1.82) is 0 Å². The molecule has 1 rings (SSSR count). The van der Waals surface area contributed by atoms with Crippen LogP contribution in [0, 0.1) is 11.8 Å². The molecule has 1 atom stereocenters. The van der Waals surface area contributed by atoms with Crippen LogP contribution in [0.2, 0.25) is 0 Å². The van der Waals surface area contributed by atoms with Gasteiger partial charge >= 0.3 is 0 Å². The summed E-state index contributed by atoms with van der Waals surface area (Å²) in [7, 11) is 1.74. The van der Waals surface area contributed by atoms with Gasteiger partial charge in [-0.15, -0.1) is 0 Å². The highest BCUT2D eigenvalue weighted by molar-refractivity contribution is 5.93. The van der Waals surface area contributed by atoms with E-state index in [0.717, 1.165) is 26.1 Å². The molecule has 1 amide bonds. The van der Waals surface area contributed by atoms with Gasteiger partial charge < -0.3 is 14.8 Å². The number of likely N-dealkylation sites (tertiary alicyclic amines) is 1. The number of nitrogens with one attached hydrogen (secondary N) is 1. The summed E-state index contributed by atoms with van der Waals surface area (Å²) in [6.07, 6.45) is 3.18. The fourth-order valence-corrected chi connectivity index (χ4v) is 2.21. The maximum absolute atomic E-state index is 11.3. The van der Waals surface area contributed by atoms with Gasteiger partial charge in [0.2, 0.25) is 0 Å². The zero-order valence-electron chi connectivity index (χ0n) is 16.6. The first kappa shape index (κ1) is 24.9. The summed E-state index contributed by atoms with van der Waals surface area (Å²) >= 11 is 0. The van der Waals surface area contributed by atoms with E-state index in [1.54, 1.807) is 7.11 Å². The van der Waals surface area contributed by atoms with E-state index in [-0.39, 0.29) is 17.7 Å². The molecule has 1 aliphatic rings. The van der Waals surface area contributed by atoms with E-state index in [1.807, 2.05) is 27.7 Å². The Hall–Kier alpha value is -1.38. The molecule has 1 aliphatic heterocycles. The molecule has 1 fully saturated rings. The fraction of sp³-hybridized carbons (Fsp3) is 0.789. The average Bonchev–Trinajstić information content (AvgIpc) is 2.92. The Kier molecular flexibility index (Phi) is 17.1. The third-order valence-corrected chi connectivity index (χ3v) is 3.00. The molecule has 0 spiro atoms. The first-order valence-corrected chi connectivity index (χ1v) is 8.86. The van der Waals surface area contributed by atoms with Crippen LogP contribution >= 0.6 is 0 Å². The predicted molar refractivity (Wildman–Crippen MR) is 99.8 cm³/mol. The van der Waals surface area contributed by atoms with E-state index >= 15 is 0 Å². The average molecular weight is 341 g/mol. The first-order chi connectivity index (χ1) is 11.4. The summed E-state index contributed by atoms with van der Waals surface area (Å²) in [5.41, 5.74) is 0. The van der Waals surface area contributed by atoms with Gasteiger partial charge in [-0.05, 0) is 53.0 Å². The molecule has 5 heteroatoms. The topological polar surface area (TPSA) is 58.6 Å². The van der Waals surface area contributed by atoms with E-state index < -0.39 is 0 Å². The predicted octanol–water partition coefficient (Wildman–Crippen LogP) is 2.64. The number of Topliss-reactive ketones (excluding diaryl/α,β-unsaturated/α-hetero) is 1. The first-order valence-electron chi connectivity index (χ1n) is 8.86. The maximum atomic E-state index is 11.3. The van der Waals surface area contributed by atoms with Crippen molar-refractivity contribution in [2.24, 2.45) is 0 Å². The van der Waals surface area contributed by atoms with Crippen molar-refractivity contribution in [2.45, 2.75) is 72.9 Å². The summed E-state index contributed by atoms with van der Waals surface area (Å²) in [5.74, 6) is 5.55. The molecule has 1 heterocycles. The molecule has 1 N–H and O–H groups in total. The smallest absolute Gasteiger partial charge is 0.296 e. The minimum atomic E-state index is -0.181. The molecule has 24 heavy (non-hydrogen) atoms. The van der Waals surface area contributed by atoms with E-state index in [2.05, 4.69) is 22.1 Å². The molecule has 0 bridgehead atoms. The molecule has 0 saturated carbocycles. The SMILES string of the molecule is CC.CC(C)=O.COCC1CCCN1CCC#CC(=O)NC(C)C. The van der Waals surface area contributed by atoms with Gasteiger partial charge in [0.1, 0.15) is 5.78 Å². The molecular weight excluding hydrogens is 304 g/mol. The molecule has 5 nitrogen and oxygen atoms in total. The van der Waals surface area contributed by atoms with Gasteiger partial charge in [-0.3, -0.25) is 9.69 Å². The minimum Gasteiger partial charge on any atom is -0.383 e. The van der Waals surface area contributed by atoms with Gasteiger partial charge in [0, 0.05) is 32.2 Å². The third kappa shape index (κ3) is 15.5. The van der Waals surface area contributed by atoms with Crippen molar-refractivity contribution in [2.75, 3.05) is 26.8 Å². The van der Waals surface area contributed by atoms with Gasteiger partial charge in [-0.1, -0.05) is 19.8 Å². The van der Waals surface area contributed by atoms with Crippen molar-refractivity contribution in [3.05, 3.63) is 0 Å². The lowest BCUT2D eigenvalue weighted by Gasteiger charge is -2.22. The summed E-state index contributed by atoms with van der Waals surface area (Å²) in [6, 6.07) is 0.678. The summed E-state index contributed by atoms with van der Waals surface area (Å²) in [6.45, 7) is 13.8. The highest BCUT2D eigenvalue weighted by Crippen LogP contribution is 2.17. The zero-order valence-corrected chi connectivity index (χ0v) is 16.6. The Bertz CT molecular complexity index is 393. The van der Waals surface area contributed by atoms with Crippen LogP contribution < -0.4 is 5.32 Å².